The Kier molecular flexibility index (Phi) is 6.70. The predicted octanol–water partition coefficient (Wildman–Crippen LogP) is 1.88. The van der Waals surface area contributed by atoms with Gasteiger partial charge in [0, 0.05) is 25.4 Å². The van der Waals surface area contributed by atoms with Gasteiger partial charge in [-0.15, -0.1) is 0 Å². The fourth-order valence-electron chi connectivity index (χ4n) is 2.48. The molecule has 0 aliphatic rings. The highest BCUT2D eigenvalue weighted by atomic mass is 32.2. The Bertz CT molecular complexity index is 895. The molecular weight excluding hydrogens is 356 g/mol. The third-order valence-corrected chi connectivity index (χ3v) is 5.33. The van der Waals surface area contributed by atoms with Crippen molar-refractivity contribution >= 4 is 32.7 Å². The first-order chi connectivity index (χ1) is 12.3. The average molecular weight is 378 g/mol. The number of sulfonamides is 1. The van der Waals surface area contributed by atoms with Crippen molar-refractivity contribution in [3.63, 3.8) is 0 Å². The quantitative estimate of drug-likeness (QED) is 0.617. The van der Waals surface area contributed by atoms with Gasteiger partial charge in [0.05, 0.1) is 4.90 Å². The molecular formula is C18H22N2O5S. The first-order valence-electron chi connectivity index (χ1n) is 8.27. The smallest absolute Gasteiger partial charge is 0.303 e. The summed E-state index contributed by atoms with van der Waals surface area (Å²) in [6, 6.07) is 12.0. The highest BCUT2D eigenvalue weighted by Gasteiger charge is 2.15. The summed E-state index contributed by atoms with van der Waals surface area (Å²) < 4.78 is 27.1. The summed E-state index contributed by atoms with van der Waals surface area (Å²) in [7, 11) is -3.71. The largest absolute Gasteiger partial charge is 0.481 e. The third kappa shape index (κ3) is 5.82. The minimum Gasteiger partial charge on any atom is -0.481 e. The Morgan fingerprint density at radius 1 is 1.08 bits per heavy atom. The van der Waals surface area contributed by atoms with E-state index < -0.39 is 16.0 Å². The van der Waals surface area contributed by atoms with Crippen LogP contribution in [-0.4, -0.2) is 38.0 Å². The van der Waals surface area contributed by atoms with Gasteiger partial charge in [-0.05, 0) is 36.2 Å². The maximum atomic E-state index is 12.3. The zero-order valence-electron chi connectivity index (χ0n) is 14.4. The van der Waals surface area contributed by atoms with Crippen molar-refractivity contribution in [2.24, 2.45) is 0 Å². The van der Waals surface area contributed by atoms with E-state index in [9.17, 15) is 18.0 Å². The minimum absolute atomic E-state index is 0.0236. The lowest BCUT2D eigenvalue weighted by Gasteiger charge is -2.13. The number of carboxylic acids is 1. The molecule has 1 atom stereocenters. The molecule has 0 bridgehead atoms. The van der Waals surface area contributed by atoms with Crippen LogP contribution in [0.15, 0.2) is 47.4 Å². The molecule has 0 radical (unpaired) electrons. The van der Waals surface area contributed by atoms with Crippen molar-refractivity contribution in [1.29, 1.82) is 0 Å². The third-order valence-electron chi connectivity index (χ3n) is 3.87. The first kappa shape index (κ1) is 19.9. The Morgan fingerprint density at radius 3 is 2.46 bits per heavy atom. The van der Waals surface area contributed by atoms with Crippen LogP contribution in [0.5, 0.6) is 0 Å². The van der Waals surface area contributed by atoms with E-state index in [0.29, 0.717) is 6.42 Å². The molecule has 0 spiro atoms. The van der Waals surface area contributed by atoms with Crippen LogP contribution in [0.2, 0.25) is 0 Å². The number of aliphatic carboxylic acids is 1. The van der Waals surface area contributed by atoms with Gasteiger partial charge < -0.3 is 10.4 Å². The molecule has 0 heterocycles. The number of rotatable bonds is 9. The Balaban J connectivity index is 1.87. The van der Waals surface area contributed by atoms with Crippen molar-refractivity contribution in [3.05, 3.63) is 42.5 Å². The fourth-order valence-corrected chi connectivity index (χ4v) is 3.54. The van der Waals surface area contributed by atoms with Crippen molar-refractivity contribution in [2.75, 3.05) is 6.54 Å². The molecule has 7 nitrogen and oxygen atoms in total. The standard InChI is InChI=1S/C18H22N2O5S/c1-13(6-9-18(22)23)20-17(21)10-11-19-26(24,25)16-8-7-14-4-2-3-5-15(14)12-16/h2-5,7-8,12-13,19H,6,9-11H2,1H3,(H,20,21)(H,22,23). The van der Waals surface area contributed by atoms with E-state index in [2.05, 4.69) is 10.0 Å². The topological polar surface area (TPSA) is 113 Å². The number of carbonyl (C=O) groups excluding carboxylic acids is 1. The highest BCUT2D eigenvalue weighted by Crippen LogP contribution is 2.18. The lowest BCUT2D eigenvalue weighted by molar-refractivity contribution is -0.137. The van der Waals surface area contributed by atoms with Crippen LogP contribution in [0.4, 0.5) is 0 Å². The van der Waals surface area contributed by atoms with Gasteiger partial charge in [0.15, 0.2) is 0 Å². The van der Waals surface area contributed by atoms with Crippen molar-refractivity contribution in [2.45, 2.75) is 37.1 Å². The lowest BCUT2D eigenvalue weighted by Crippen LogP contribution is -2.35. The summed E-state index contributed by atoms with van der Waals surface area (Å²) in [5.41, 5.74) is 0. The van der Waals surface area contributed by atoms with Gasteiger partial charge in [-0.1, -0.05) is 30.3 Å². The van der Waals surface area contributed by atoms with Crippen LogP contribution in [0.1, 0.15) is 26.2 Å². The van der Waals surface area contributed by atoms with Gasteiger partial charge in [0.1, 0.15) is 0 Å². The Labute approximate surface area is 152 Å². The number of carbonyl (C=O) groups is 2. The Hall–Kier alpha value is -2.45. The second-order valence-corrected chi connectivity index (χ2v) is 7.82. The van der Waals surface area contributed by atoms with Gasteiger partial charge in [0.25, 0.3) is 0 Å². The van der Waals surface area contributed by atoms with Gasteiger partial charge in [0.2, 0.25) is 15.9 Å². The summed E-state index contributed by atoms with van der Waals surface area (Å²) in [6.07, 6.45) is 0.268. The molecule has 1 amide bonds. The van der Waals surface area contributed by atoms with E-state index in [1.807, 2.05) is 24.3 Å². The molecule has 26 heavy (non-hydrogen) atoms. The number of hydrogen-bond donors (Lipinski definition) is 3. The first-order valence-corrected chi connectivity index (χ1v) is 9.76. The second-order valence-electron chi connectivity index (χ2n) is 6.06. The number of carboxylic acid groups (broad SMARTS) is 1. The molecule has 140 valence electrons. The molecule has 3 N–H and O–H groups in total. The van der Waals surface area contributed by atoms with E-state index in [4.69, 9.17) is 5.11 Å². The number of fused-ring (bicyclic) bond motifs is 1. The summed E-state index contributed by atoms with van der Waals surface area (Å²) in [5, 5.41) is 13.0. The zero-order valence-corrected chi connectivity index (χ0v) is 15.3. The molecule has 2 rings (SSSR count). The number of hydrogen-bond acceptors (Lipinski definition) is 4. The van der Waals surface area contributed by atoms with Crippen molar-refractivity contribution in [3.8, 4) is 0 Å². The number of nitrogens with one attached hydrogen (secondary N) is 2. The molecule has 1 unspecified atom stereocenters. The summed E-state index contributed by atoms with van der Waals surface area (Å²) >= 11 is 0. The summed E-state index contributed by atoms with van der Waals surface area (Å²) in [5.74, 6) is -1.25. The van der Waals surface area contributed by atoms with Crippen LogP contribution < -0.4 is 10.0 Å². The normalized spacial score (nSPS) is 12.7. The van der Waals surface area contributed by atoms with Gasteiger partial charge in [-0.25, -0.2) is 13.1 Å². The SMILES string of the molecule is CC(CCC(=O)O)NC(=O)CCNS(=O)(=O)c1ccc2ccccc2c1. The maximum Gasteiger partial charge on any atom is 0.303 e. The van der Waals surface area contributed by atoms with Crippen LogP contribution in [-0.2, 0) is 19.6 Å². The van der Waals surface area contributed by atoms with Crippen LogP contribution >= 0.6 is 0 Å². The Morgan fingerprint density at radius 2 is 1.77 bits per heavy atom. The van der Waals surface area contributed by atoms with E-state index in [1.165, 1.54) is 6.07 Å². The zero-order chi connectivity index (χ0) is 19.2. The van der Waals surface area contributed by atoms with Gasteiger partial charge in [-0.3, -0.25) is 9.59 Å². The molecule has 0 aliphatic heterocycles. The van der Waals surface area contributed by atoms with Crippen molar-refractivity contribution < 1.29 is 23.1 Å². The minimum atomic E-state index is -3.71. The van der Waals surface area contributed by atoms with E-state index in [0.717, 1.165) is 10.8 Å². The molecule has 0 aliphatic carbocycles. The van der Waals surface area contributed by atoms with Crippen LogP contribution in [0.3, 0.4) is 0 Å². The molecule has 8 heteroatoms. The highest BCUT2D eigenvalue weighted by molar-refractivity contribution is 7.89. The average Bonchev–Trinajstić information content (AvgIpc) is 2.59. The number of amides is 1. The summed E-state index contributed by atoms with van der Waals surface area (Å²) in [4.78, 5) is 22.4. The van der Waals surface area contributed by atoms with Crippen LogP contribution in [0.25, 0.3) is 10.8 Å². The van der Waals surface area contributed by atoms with E-state index in [1.54, 1.807) is 19.1 Å². The monoisotopic (exact) mass is 378 g/mol. The fraction of sp³-hybridized carbons (Fsp3) is 0.333. The van der Waals surface area contributed by atoms with E-state index >= 15 is 0 Å². The number of benzene rings is 2. The predicted molar refractivity (Wildman–Crippen MR) is 98.2 cm³/mol. The van der Waals surface area contributed by atoms with Gasteiger partial charge in [-0.2, -0.15) is 0 Å². The molecule has 0 saturated carbocycles. The van der Waals surface area contributed by atoms with Crippen LogP contribution in [0, 0.1) is 0 Å². The molecule has 2 aromatic carbocycles. The molecule has 0 aromatic heterocycles. The van der Waals surface area contributed by atoms with E-state index in [-0.39, 0.29) is 36.2 Å². The second kappa shape index (κ2) is 8.77. The molecule has 0 fully saturated rings. The summed E-state index contributed by atoms with van der Waals surface area (Å²) in [6.45, 7) is 1.67. The maximum absolute atomic E-state index is 12.3. The lowest BCUT2D eigenvalue weighted by atomic mass is 10.1. The molecule has 0 saturated heterocycles. The van der Waals surface area contributed by atoms with Crippen molar-refractivity contribution in [1.82, 2.24) is 10.0 Å². The van der Waals surface area contributed by atoms with Gasteiger partial charge >= 0.3 is 5.97 Å². The molecule has 2 aromatic rings.